The van der Waals surface area contributed by atoms with Crippen molar-refractivity contribution in [1.82, 2.24) is 4.90 Å². The number of hydrogen-bond donors (Lipinski definition) is 0. The fraction of sp³-hybridized carbons (Fsp3) is 0.562. The highest BCUT2D eigenvalue weighted by molar-refractivity contribution is 5.72. The summed E-state index contributed by atoms with van der Waals surface area (Å²) in [6.07, 6.45) is 0.885. The maximum Gasteiger partial charge on any atom is 0.310 e. The summed E-state index contributed by atoms with van der Waals surface area (Å²) < 4.78 is 10.6. The van der Waals surface area contributed by atoms with Crippen molar-refractivity contribution < 1.29 is 14.3 Å². The lowest BCUT2D eigenvalue weighted by atomic mass is 10.1. The molecular weight excluding hydrogens is 254 g/mol. The van der Waals surface area contributed by atoms with Crippen LogP contribution in [-0.2, 0) is 9.53 Å². The minimum atomic E-state index is -0.0947. The van der Waals surface area contributed by atoms with Gasteiger partial charge in [0.15, 0.2) is 0 Å². The van der Waals surface area contributed by atoms with Crippen molar-refractivity contribution in [2.75, 3.05) is 33.4 Å². The highest BCUT2D eigenvalue weighted by Crippen LogP contribution is 2.18. The molecule has 0 N–H and O–H groups in total. The number of methoxy groups -OCH3 is 1. The quantitative estimate of drug-likeness (QED) is 0.773. The van der Waals surface area contributed by atoms with Crippen LogP contribution in [0.4, 0.5) is 0 Å². The molecule has 20 heavy (non-hydrogen) atoms. The van der Waals surface area contributed by atoms with Gasteiger partial charge in [0.2, 0.25) is 0 Å². The maximum absolute atomic E-state index is 11.4. The zero-order valence-electron chi connectivity index (χ0n) is 12.5. The molecule has 0 saturated carbocycles. The Balaban J connectivity index is 1.75. The number of carbonyl (C=O) groups excluding carboxylic acids is 1. The van der Waals surface area contributed by atoms with Crippen LogP contribution in [0.3, 0.4) is 0 Å². The maximum atomic E-state index is 11.4. The molecule has 1 heterocycles. The Labute approximate surface area is 120 Å². The third-order valence-corrected chi connectivity index (χ3v) is 3.68. The van der Waals surface area contributed by atoms with Crippen LogP contribution in [0.15, 0.2) is 18.2 Å². The zero-order valence-corrected chi connectivity index (χ0v) is 12.5. The molecule has 1 aliphatic rings. The zero-order chi connectivity index (χ0) is 14.5. The molecule has 1 aromatic carbocycles. The van der Waals surface area contributed by atoms with Gasteiger partial charge in [0.05, 0.1) is 13.0 Å². The summed E-state index contributed by atoms with van der Waals surface area (Å²) >= 11 is 0. The van der Waals surface area contributed by atoms with Gasteiger partial charge in [-0.2, -0.15) is 0 Å². The Morgan fingerprint density at radius 2 is 2.00 bits per heavy atom. The first-order chi connectivity index (χ1) is 9.58. The first kappa shape index (κ1) is 14.9. The monoisotopic (exact) mass is 277 g/mol. The molecule has 0 bridgehead atoms. The molecule has 0 spiro atoms. The highest BCUT2D eigenvalue weighted by atomic mass is 16.5. The van der Waals surface area contributed by atoms with Gasteiger partial charge in [0.1, 0.15) is 12.4 Å². The average Bonchev–Trinajstić information content (AvgIpc) is 2.85. The fourth-order valence-corrected chi connectivity index (χ4v) is 2.70. The molecule has 4 heteroatoms. The van der Waals surface area contributed by atoms with Crippen molar-refractivity contribution in [2.45, 2.75) is 20.3 Å². The SMILES string of the molecule is COC(=O)C1CCN(CCOc2cc(C)cc(C)c2)C1. The van der Waals surface area contributed by atoms with E-state index < -0.39 is 0 Å². The minimum absolute atomic E-state index is 0.0289. The number of likely N-dealkylation sites (tertiary alicyclic amines) is 1. The smallest absolute Gasteiger partial charge is 0.310 e. The van der Waals surface area contributed by atoms with Crippen LogP contribution in [0.25, 0.3) is 0 Å². The van der Waals surface area contributed by atoms with Gasteiger partial charge in [-0.3, -0.25) is 9.69 Å². The first-order valence-corrected chi connectivity index (χ1v) is 7.10. The van der Waals surface area contributed by atoms with Crippen LogP contribution in [0, 0.1) is 19.8 Å². The number of rotatable bonds is 5. The Bertz CT molecular complexity index is 453. The molecule has 1 atom stereocenters. The third-order valence-electron chi connectivity index (χ3n) is 3.68. The number of nitrogens with zero attached hydrogens (tertiary/aromatic N) is 1. The van der Waals surface area contributed by atoms with Crippen LogP contribution in [0.1, 0.15) is 17.5 Å². The fourth-order valence-electron chi connectivity index (χ4n) is 2.70. The van der Waals surface area contributed by atoms with Crippen LogP contribution < -0.4 is 4.74 Å². The Hall–Kier alpha value is -1.55. The Morgan fingerprint density at radius 3 is 2.65 bits per heavy atom. The summed E-state index contributed by atoms with van der Waals surface area (Å²) in [5.41, 5.74) is 2.43. The summed E-state index contributed by atoms with van der Waals surface area (Å²) in [7, 11) is 1.45. The number of esters is 1. The summed E-state index contributed by atoms with van der Waals surface area (Å²) in [5, 5.41) is 0. The van der Waals surface area contributed by atoms with Gasteiger partial charge in [0.25, 0.3) is 0 Å². The summed E-state index contributed by atoms with van der Waals surface area (Å²) in [4.78, 5) is 13.7. The van der Waals surface area contributed by atoms with Crippen molar-refractivity contribution in [1.29, 1.82) is 0 Å². The molecule has 0 amide bonds. The third kappa shape index (κ3) is 3.97. The number of aryl methyl sites for hydroxylation is 2. The van der Waals surface area contributed by atoms with Crippen LogP contribution in [0.5, 0.6) is 5.75 Å². The van der Waals surface area contributed by atoms with E-state index in [4.69, 9.17) is 9.47 Å². The van der Waals surface area contributed by atoms with Gasteiger partial charge < -0.3 is 9.47 Å². The van der Waals surface area contributed by atoms with Gasteiger partial charge in [0, 0.05) is 13.1 Å². The summed E-state index contributed by atoms with van der Waals surface area (Å²) in [6.45, 7) is 7.36. The molecule has 0 aromatic heterocycles. The Morgan fingerprint density at radius 1 is 1.30 bits per heavy atom. The number of benzene rings is 1. The van der Waals surface area contributed by atoms with E-state index in [1.165, 1.54) is 18.2 Å². The molecule has 110 valence electrons. The summed E-state index contributed by atoms with van der Waals surface area (Å²) in [5.74, 6) is 0.857. The molecule has 1 aliphatic heterocycles. The van der Waals surface area contributed by atoms with Crippen LogP contribution in [-0.4, -0.2) is 44.2 Å². The molecular formula is C16H23NO3. The normalized spacial score (nSPS) is 19.1. The number of ether oxygens (including phenoxy) is 2. The molecule has 1 unspecified atom stereocenters. The van der Waals surface area contributed by atoms with Crippen molar-refractivity contribution in [3.05, 3.63) is 29.3 Å². The van der Waals surface area contributed by atoms with E-state index in [-0.39, 0.29) is 11.9 Å². The molecule has 1 fully saturated rings. The topological polar surface area (TPSA) is 38.8 Å². The van der Waals surface area contributed by atoms with Gasteiger partial charge in [-0.05, 0) is 50.1 Å². The van der Waals surface area contributed by atoms with Crippen molar-refractivity contribution in [2.24, 2.45) is 5.92 Å². The second kappa shape index (κ2) is 6.75. The molecule has 4 nitrogen and oxygen atoms in total. The van der Waals surface area contributed by atoms with E-state index >= 15 is 0 Å². The van der Waals surface area contributed by atoms with Crippen molar-refractivity contribution in [3.63, 3.8) is 0 Å². The lowest BCUT2D eigenvalue weighted by Crippen LogP contribution is -2.28. The first-order valence-electron chi connectivity index (χ1n) is 7.10. The van der Waals surface area contributed by atoms with E-state index in [0.29, 0.717) is 6.61 Å². The van der Waals surface area contributed by atoms with Crippen molar-refractivity contribution >= 4 is 5.97 Å². The van der Waals surface area contributed by atoms with Gasteiger partial charge in [-0.25, -0.2) is 0 Å². The van der Waals surface area contributed by atoms with E-state index in [1.54, 1.807) is 0 Å². The highest BCUT2D eigenvalue weighted by Gasteiger charge is 2.28. The molecule has 0 radical (unpaired) electrons. The molecule has 0 aliphatic carbocycles. The van der Waals surface area contributed by atoms with E-state index in [1.807, 2.05) is 12.1 Å². The molecule has 2 rings (SSSR count). The number of carbonyl (C=O) groups is 1. The average molecular weight is 277 g/mol. The molecule has 1 aromatic rings. The largest absolute Gasteiger partial charge is 0.492 e. The molecule has 1 saturated heterocycles. The lowest BCUT2D eigenvalue weighted by Gasteiger charge is -2.16. The van der Waals surface area contributed by atoms with Crippen LogP contribution in [0.2, 0.25) is 0 Å². The van der Waals surface area contributed by atoms with Gasteiger partial charge >= 0.3 is 5.97 Å². The number of hydrogen-bond acceptors (Lipinski definition) is 4. The van der Waals surface area contributed by atoms with E-state index in [9.17, 15) is 4.79 Å². The lowest BCUT2D eigenvalue weighted by molar-refractivity contribution is -0.144. The standard InChI is InChI=1S/C16H23NO3/c1-12-8-13(2)10-15(9-12)20-7-6-17-5-4-14(11-17)16(18)19-3/h8-10,14H,4-7,11H2,1-3H3. The van der Waals surface area contributed by atoms with E-state index in [2.05, 4.69) is 24.8 Å². The van der Waals surface area contributed by atoms with Gasteiger partial charge in [-0.15, -0.1) is 0 Å². The predicted octanol–water partition coefficient (Wildman–Crippen LogP) is 2.18. The predicted molar refractivity (Wildman–Crippen MR) is 78.0 cm³/mol. The minimum Gasteiger partial charge on any atom is -0.492 e. The van der Waals surface area contributed by atoms with E-state index in [0.717, 1.165) is 31.8 Å². The Kier molecular flexibility index (Phi) is 5.01. The van der Waals surface area contributed by atoms with Gasteiger partial charge in [-0.1, -0.05) is 6.07 Å². The van der Waals surface area contributed by atoms with Crippen molar-refractivity contribution in [3.8, 4) is 5.75 Å². The second-order valence-electron chi connectivity index (χ2n) is 5.48. The van der Waals surface area contributed by atoms with Crippen LogP contribution >= 0.6 is 0 Å². The summed E-state index contributed by atoms with van der Waals surface area (Å²) in [6, 6.07) is 6.23. The second-order valence-corrected chi connectivity index (χ2v) is 5.48.